The van der Waals surface area contributed by atoms with E-state index in [0.717, 1.165) is 44.0 Å². The van der Waals surface area contributed by atoms with Crippen molar-refractivity contribution in [3.05, 3.63) is 71.8 Å². The molecule has 4 heteroatoms. The van der Waals surface area contributed by atoms with Crippen LogP contribution in [0, 0.1) is 0 Å². The minimum absolute atomic E-state index is 0.919. The number of hydrogen-bond acceptors (Lipinski definition) is 3. The lowest BCUT2D eigenvalue weighted by Gasteiger charge is -2.36. The fourth-order valence-corrected chi connectivity index (χ4v) is 3.07. The third-order valence-corrected chi connectivity index (χ3v) is 4.30. The zero-order valence-corrected chi connectivity index (χ0v) is 13.6. The standard InChI is InChI=1S/C20H22N2O2/c23-20(24)11-10-18-8-4-5-9-19(18)22-14-12-21(13-15-22)16-17-6-2-1-3-7-17/h1-11H,12-16H2,(H,23,24)/b11-10+. The number of carbonyl (C=O) groups is 1. The average molecular weight is 322 g/mol. The summed E-state index contributed by atoms with van der Waals surface area (Å²) in [6, 6.07) is 18.5. The molecule has 0 amide bonds. The molecular weight excluding hydrogens is 300 g/mol. The van der Waals surface area contributed by atoms with Crippen LogP contribution in [-0.2, 0) is 11.3 Å². The second kappa shape index (κ2) is 7.79. The lowest BCUT2D eigenvalue weighted by molar-refractivity contribution is -0.131. The largest absolute Gasteiger partial charge is 0.478 e. The number of aliphatic carboxylic acids is 1. The summed E-state index contributed by atoms with van der Waals surface area (Å²) in [5.74, 6) is -0.919. The quantitative estimate of drug-likeness (QED) is 0.859. The molecule has 1 aliphatic rings. The molecule has 0 unspecified atom stereocenters. The smallest absolute Gasteiger partial charge is 0.328 e. The second-order valence-corrected chi connectivity index (χ2v) is 5.98. The highest BCUT2D eigenvalue weighted by atomic mass is 16.4. The van der Waals surface area contributed by atoms with Crippen molar-refractivity contribution in [3.63, 3.8) is 0 Å². The molecule has 4 nitrogen and oxygen atoms in total. The van der Waals surface area contributed by atoms with E-state index in [2.05, 4.69) is 40.1 Å². The Kier molecular flexibility index (Phi) is 5.29. The summed E-state index contributed by atoms with van der Waals surface area (Å²) in [5, 5.41) is 8.84. The van der Waals surface area contributed by atoms with Gasteiger partial charge in [-0.05, 0) is 23.3 Å². The molecule has 0 bridgehead atoms. The van der Waals surface area contributed by atoms with Gasteiger partial charge in [0.15, 0.2) is 0 Å². The zero-order valence-electron chi connectivity index (χ0n) is 13.6. The Morgan fingerprint density at radius 3 is 2.33 bits per heavy atom. The molecule has 2 aromatic carbocycles. The van der Waals surface area contributed by atoms with Gasteiger partial charge in [0.1, 0.15) is 0 Å². The van der Waals surface area contributed by atoms with Crippen LogP contribution in [0.25, 0.3) is 6.08 Å². The summed E-state index contributed by atoms with van der Waals surface area (Å²) in [6.07, 6.45) is 2.87. The number of para-hydroxylation sites is 1. The van der Waals surface area contributed by atoms with Crippen molar-refractivity contribution in [2.24, 2.45) is 0 Å². The van der Waals surface area contributed by atoms with Gasteiger partial charge in [-0.25, -0.2) is 4.79 Å². The van der Waals surface area contributed by atoms with Gasteiger partial charge in [0.2, 0.25) is 0 Å². The molecule has 0 saturated carbocycles. The van der Waals surface area contributed by atoms with E-state index in [1.807, 2.05) is 24.3 Å². The van der Waals surface area contributed by atoms with Gasteiger partial charge in [0, 0.05) is 44.5 Å². The van der Waals surface area contributed by atoms with Crippen LogP contribution >= 0.6 is 0 Å². The molecule has 24 heavy (non-hydrogen) atoms. The highest BCUT2D eigenvalue weighted by molar-refractivity contribution is 5.87. The van der Waals surface area contributed by atoms with Crippen LogP contribution in [0.1, 0.15) is 11.1 Å². The van der Waals surface area contributed by atoms with Gasteiger partial charge in [-0.3, -0.25) is 4.90 Å². The number of carboxylic acids is 1. The van der Waals surface area contributed by atoms with Gasteiger partial charge in [-0.1, -0.05) is 48.5 Å². The molecule has 1 saturated heterocycles. The maximum absolute atomic E-state index is 10.8. The van der Waals surface area contributed by atoms with Crippen LogP contribution in [0.3, 0.4) is 0 Å². The van der Waals surface area contributed by atoms with E-state index in [1.54, 1.807) is 6.08 Å². The van der Waals surface area contributed by atoms with Crippen molar-refractivity contribution in [3.8, 4) is 0 Å². The Morgan fingerprint density at radius 1 is 0.958 bits per heavy atom. The number of hydrogen-bond donors (Lipinski definition) is 1. The molecule has 1 aliphatic heterocycles. The third kappa shape index (κ3) is 4.24. The van der Waals surface area contributed by atoms with Gasteiger partial charge in [0.25, 0.3) is 0 Å². The first kappa shape index (κ1) is 16.3. The van der Waals surface area contributed by atoms with Gasteiger partial charge in [0.05, 0.1) is 0 Å². The maximum atomic E-state index is 10.8. The normalized spacial score (nSPS) is 15.8. The zero-order chi connectivity index (χ0) is 16.8. The summed E-state index contributed by atoms with van der Waals surface area (Å²) >= 11 is 0. The number of rotatable bonds is 5. The van der Waals surface area contributed by atoms with Crippen molar-refractivity contribution in [1.82, 2.24) is 4.90 Å². The van der Waals surface area contributed by atoms with Crippen LogP contribution in [-0.4, -0.2) is 42.2 Å². The molecule has 2 aromatic rings. The SMILES string of the molecule is O=C(O)/C=C/c1ccccc1N1CCN(Cc2ccccc2)CC1. The molecule has 0 spiro atoms. The van der Waals surface area contributed by atoms with Crippen LogP contribution in [0.4, 0.5) is 5.69 Å². The van der Waals surface area contributed by atoms with Crippen LogP contribution in [0.5, 0.6) is 0 Å². The molecule has 0 radical (unpaired) electrons. The highest BCUT2D eigenvalue weighted by Crippen LogP contribution is 2.23. The van der Waals surface area contributed by atoms with E-state index in [4.69, 9.17) is 5.11 Å². The number of carboxylic acid groups (broad SMARTS) is 1. The molecule has 0 aliphatic carbocycles. The summed E-state index contributed by atoms with van der Waals surface area (Å²) in [7, 11) is 0. The lowest BCUT2D eigenvalue weighted by atomic mass is 10.1. The Bertz CT molecular complexity index is 705. The molecule has 3 rings (SSSR count). The van der Waals surface area contributed by atoms with Crippen molar-refractivity contribution in [2.45, 2.75) is 6.54 Å². The molecule has 0 aromatic heterocycles. The first-order valence-electron chi connectivity index (χ1n) is 8.23. The van der Waals surface area contributed by atoms with Crippen molar-refractivity contribution >= 4 is 17.7 Å². The van der Waals surface area contributed by atoms with E-state index >= 15 is 0 Å². The Hall–Kier alpha value is -2.59. The summed E-state index contributed by atoms with van der Waals surface area (Å²) in [5.41, 5.74) is 3.40. The van der Waals surface area contributed by atoms with E-state index in [9.17, 15) is 4.79 Å². The number of benzene rings is 2. The van der Waals surface area contributed by atoms with E-state index in [0.29, 0.717) is 0 Å². The van der Waals surface area contributed by atoms with Gasteiger partial charge in [-0.2, -0.15) is 0 Å². The summed E-state index contributed by atoms with van der Waals surface area (Å²) in [6.45, 7) is 4.89. The van der Waals surface area contributed by atoms with Gasteiger partial charge < -0.3 is 10.0 Å². The maximum Gasteiger partial charge on any atom is 0.328 e. The molecule has 124 valence electrons. The molecule has 0 atom stereocenters. The first-order chi connectivity index (χ1) is 11.7. The van der Waals surface area contributed by atoms with Crippen molar-refractivity contribution < 1.29 is 9.90 Å². The fraction of sp³-hybridized carbons (Fsp3) is 0.250. The van der Waals surface area contributed by atoms with E-state index in [-0.39, 0.29) is 0 Å². The van der Waals surface area contributed by atoms with Gasteiger partial charge >= 0.3 is 5.97 Å². The topological polar surface area (TPSA) is 43.8 Å². The molecular formula is C20H22N2O2. The number of nitrogens with zero attached hydrogens (tertiary/aromatic N) is 2. The van der Waals surface area contributed by atoms with Crippen molar-refractivity contribution in [1.29, 1.82) is 0 Å². The highest BCUT2D eigenvalue weighted by Gasteiger charge is 2.18. The molecule has 1 heterocycles. The minimum Gasteiger partial charge on any atom is -0.478 e. The predicted octanol–water partition coefficient (Wildman–Crippen LogP) is 3.11. The minimum atomic E-state index is -0.919. The molecule has 1 N–H and O–H groups in total. The van der Waals surface area contributed by atoms with Gasteiger partial charge in [-0.15, -0.1) is 0 Å². The fourth-order valence-electron chi connectivity index (χ4n) is 3.07. The Morgan fingerprint density at radius 2 is 1.62 bits per heavy atom. The Labute approximate surface area is 142 Å². The van der Waals surface area contributed by atoms with E-state index in [1.165, 1.54) is 11.6 Å². The monoisotopic (exact) mass is 322 g/mol. The number of piperazine rings is 1. The van der Waals surface area contributed by atoms with Crippen LogP contribution in [0.15, 0.2) is 60.7 Å². The van der Waals surface area contributed by atoms with E-state index < -0.39 is 5.97 Å². The summed E-state index contributed by atoms with van der Waals surface area (Å²) < 4.78 is 0. The Balaban J connectivity index is 1.64. The van der Waals surface area contributed by atoms with Crippen molar-refractivity contribution in [2.75, 3.05) is 31.1 Å². The lowest BCUT2D eigenvalue weighted by Crippen LogP contribution is -2.46. The second-order valence-electron chi connectivity index (χ2n) is 5.98. The van der Waals surface area contributed by atoms with Crippen LogP contribution < -0.4 is 4.90 Å². The first-order valence-corrected chi connectivity index (χ1v) is 8.23. The average Bonchev–Trinajstić information content (AvgIpc) is 2.62. The molecule has 1 fully saturated rings. The predicted molar refractivity (Wildman–Crippen MR) is 97.0 cm³/mol. The van der Waals surface area contributed by atoms with Crippen LogP contribution in [0.2, 0.25) is 0 Å². The third-order valence-electron chi connectivity index (χ3n) is 4.30. The summed E-state index contributed by atoms with van der Waals surface area (Å²) in [4.78, 5) is 15.6. The number of anilines is 1.